The Morgan fingerprint density at radius 1 is 0.833 bits per heavy atom. The minimum Gasteiger partial charge on any atom is -0.387 e. The maximum Gasteiger partial charge on any atom is 0.218 e. The average Bonchev–Trinajstić information content (AvgIpc) is 2.71. The van der Waals surface area contributed by atoms with Gasteiger partial charge in [0.25, 0.3) is 0 Å². The van der Waals surface area contributed by atoms with Crippen LogP contribution in [0.15, 0.2) is 78.9 Å². The first-order valence-electron chi connectivity index (χ1n) is 10.1. The summed E-state index contributed by atoms with van der Waals surface area (Å²) in [4.78, 5) is 0. The van der Waals surface area contributed by atoms with Crippen molar-refractivity contribution in [2.24, 2.45) is 0 Å². The lowest BCUT2D eigenvalue weighted by molar-refractivity contribution is 0.0959. The molecule has 2 atom stereocenters. The normalized spacial score (nSPS) is 13.9. The zero-order chi connectivity index (χ0) is 21.7. The summed E-state index contributed by atoms with van der Waals surface area (Å²) < 4.78 is 28.5. The molecule has 0 spiro atoms. The third kappa shape index (κ3) is 5.57. The lowest BCUT2D eigenvalue weighted by atomic mass is 10.0. The molecule has 0 aromatic heterocycles. The molecule has 4 nitrogen and oxygen atoms in total. The van der Waals surface area contributed by atoms with Crippen LogP contribution in [0.3, 0.4) is 0 Å². The van der Waals surface area contributed by atoms with E-state index in [0.29, 0.717) is 5.56 Å². The first kappa shape index (κ1) is 22.2. The van der Waals surface area contributed by atoms with Crippen molar-refractivity contribution in [3.05, 3.63) is 107 Å². The molecular weight excluding hydrogens is 394 g/mol. The number of benzene rings is 3. The van der Waals surface area contributed by atoms with Crippen LogP contribution in [0, 0.1) is 13.8 Å². The van der Waals surface area contributed by atoms with E-state index in [1.165, 1.54) is 4.31 Å². The zero-order valence-electron chi connectivity index (χ0n) is 17.7. The summed E-state index contributed by atoms with van der Waals surface area (Å²) in [6.07, 6.45) is -0.927. The van der Waals surface area contributed by atoms with Crippen molar-refractivity contribution < 1.29 is 13.5 Å². The molecule has 3 aromatic rings. The fourth-order valence-corrected chi connectivity index (χ4v) is 5.51. The van der Waals surface area contributed by atoms with Gasteiger partial charge in [-0.15, -0.1) is 0 Å². The Hall–Kier alpha value is -2.47. The molecule has 0 aliphatic carbocycles. The van der Waals surface area contributed by atoms with Gasteiger partial charge in [-0.3, -0.25) is 0 Å². The van der Waals surface area contributed by atoms with E-state index in [-0.39, 0.29) is 12.3 Å². The molecule has 0 radical (unpaired) electrons. The molecule has 30 heavy (non-hydrogen) atoms. The first-order valence-corrected chi connectivity index (χ1v) is 11.7. The highest BCUT2D eigenvalue weighted by atomic mass is 32.2. The van der Waals surface area contributed by atoms with Crippen molar-refractivity contribution in [3.63, 3.8) is 0 Å². The predicted octanol–water partition coefficient (Wildman–Crippen LogP) is 4.76. The van der Waals surface area contributed by atoms with Gasteiger partial charge in [0.15, 0.2) is 0 Å². The van der Waals surface area contributed by atoms with E-state index in [1.807, 2.05) is 92.7 Å². The summed E-state index contributed by atoms with van der Waals surface area (Å²) >= 11 is 0. The molecule has 0 amide bonds. The van der Waals surface area contributed by atoms with E-state index >= 15 is 0 Å². The second-order valence-electron chi connectivity index (χ2n) is 7.88. The van der Waals surface area contributed by atoms with Crippen LogP contribution in [-0.2, 0) is 22.3 Å². The number of rotatable bonds is 8. The van der Waals surface area contributed by atoms with Crippen molar-refractivity contribution in [1.82, 2.24) is 4.31 Å². The molecule has 0 saturated carbocycles. The minimum absolute atomic E-state index is 0.103. The van der Waals surface area contributed by atoms with E-state index in [4.69, 9.17) is 0 Å². The van der Waals surface area contributed by atoms with Crippen LogP contribution in [0.4, 0.5) is 0 Å². The maximum absolute atomic E-state index is 13.5. The van der Waals surface area contributed by atoms with E-state index in [2.05, 4.69) is 0 Å². The summed E-state index contributed by atoms with van der Waals surface area (Å²) in [5, 5.41) is 10.9. The van der Waals surface area contributed by atoms with Crippen molar-refractivity contribution in [1.29, 1.82) is 0 Å². The fourth-order valence-electron chi connectivity index (χ4n) is 3.79. The van der Waals surface area contributed by atoms with Gasteiger partial charge in [0, 0.05) is 6.54 Å². The zero-order valence-corrected chi connectivity index (χ0v) is 18.5. The van der Waals surface area contributed by atoms with Crippen LogP contribution in [-0.4, -0.2) is 23.9 Å². The van der Waals surface area contributed by atoms with Gasteiger partial charge in [0.1, 0.15) is 0 Å². The van der Waals surface area contributed by atoms with Gasteiger partial charge in [0.05, 0.1) is 17.9 Å². The number of hydrogen-bond acceptors (Lipinski definition) is 3. The van der Waals surface area contributed by atoms with Crippen LogP contribution in [0.1, 0.15) is 40.8 Å². The summed E-state index contributed by atoms with van der Waals surface area (Å²) in [6.45, 7) is 5.90. The summed E-state index contributed by atoms with van der Waals surface area (Å²) in [5.41, 5.74) is 4.41. The van der Waals surface area contributed by atoms with Crippen molar-refractivity contribution in [2.45, 2.75) is 45.2 Å². The Labute approximate surface area is 179 Å². The molecule has 0 heterocycles. The third-order valence-corrected chi connectivity index (χ3v) is 7.10. The van der Waals surface area contributed by atoms with Crippen molar-refractivity contribution >= 4 is 10.0 Å². The molecule has 3 rings (SSSR count). The van der Waals surface area contributed by atoms with Gasteiger partial charge < -0.3 is 5.11 Å². The van der Waals surface area contributed by atoms with Crippen LogP contribution < -0.4 is 0 Å². The molecular formula is C25H29NO3S. The molecule has 0 bridgehead atoms. The van der Waals surface area contributed by atoms with Crippen LogP contribution in [0.2, 0.25) is 0 Å². The van der Waals surface area contributed by atoms with E-state index < -0.39 is 22.2 Å². The summed E-state index contributed by atoms with van der Waals surface area (Å²) in [7, 11) is -3.69. The van der Waals surface area contributed by atoms with Gasteiger partial charge in [-0.2, -0.15) is 4.31 Å². The Bertz CT molecular complexity index is 1050. The SMILES string of the molecule is Cc1cc(C)cc(CS(=O)(=O)N(Cc2ccccc2)[C@@H](C)[C@H](O)c2ccccc2)c1. The molecule has 1 N–H and O–H groups in total. The summed E-state index contributed by atoms with van der Waals surface area (Å²) in [5.74, 6) is -0.103. The molecule has 158 valence electrons. The number of aliphatic hydroxyl groups is 1. The molecule has 3 aromatic carbocycles. The number of nitrogens with zero attached hydrogens (tertiary/aromatic N) is 1. The summed E-state index contributed by atoms with van der Waals surface area (Å²) in [6, 6.07) is 23.9. The number of hydrogen-bond donors (Lipinski definition) is 1. The predicted molar refractivity (Wildman–Crippen MR) is 121 cm³/mol. The minimum atomic E-state index is -3.69. The number of aliphatic hydroxyl groups excluding tert-OH is 1. The van der Waals surface area contributed by atoms with Gasteiger partial charge in [-0.1, -0.05) is 90.0 Å². The second-order valence-corrected chi connectivity index (χ2v) is 9.80. The molecule has 0 aliphatic heterocycles. The van der Waals surface area contributed by atoms with E-state index in [0.717, 1.165) is 22.3 Å². The van der Waals surface area contributed by atoms with Crippen molar-refractivity contribution in [2.75, 3.05) is 0 Å². The van der Waals surface area contributed by atoms with Crippen LogP contribution in [0.5, 0.6) is 0 Å². The average molecular weight is 424 g/mol. The maximum atomic E-state index is 13.5. The van der Waals surface area contributed by atoms with Crippen LogP contribution in [0.25, 0.3) is 0 Å². The Kier molecular flexibility index (Phi) is 7.08. The van der Waals surface area contributed by atoms with Gasteiger partial charge >= 0.3 is 0 Å². The molecule has 0 saturated heterocycles. The molecule has 0 fully saturated rings. The highest BCUT2D eigenvalue weighted by molar-refractivity contribution is 7.88. The quantitative estimate of drug-likeness (QED) is 0.568. The smallest absolute Gasteiger partial charge is 0.218 e. The standard InChI is InChI=1S/C25H29NO3S/c1-19-14-20(2)16-23(15-19)18-30(28,29)26(17-22-10-6-4-7-11-22)21(3)25(27)24-12-8-5-9-13-24/h4-16,21,25,27H,17-18H2,1-3H3/t21-,25-/m0/s1. The molecule has 0 aliphatic rings. The fraction of sp³-hybridized carbons (Fsp3) is 0.280. The highest BCUT2D eigenvalue weighted by Gasteiger charge is 2.32. The first-order chi connectivity index (χ1) is 14.3. The largest absolute Gasteiger partial charge is 0.387 e. The molecule has 0 unspecified atom stereocenters. The van der Waals surface area contributed by atoms with Crippen LogP contribution >= 0.6 is 0 Å². The highest BCUT2D eigenvalue weighted by Crippen LogP contribution is 2.27. The monoisotopic (exact) mass is 423 g/mol. The Morgan fingerprint density at radius 2 is 1.37 bits per heavy atom. The van der Waals surface area contributed by atoms with Gasteiger partial charge in [-0.05, 0) is 37.5 Å². The number of aryl methyl sites for hydroxylation is 2. The lowest BCUT2D eigenvalue weighted by Crippen LogP contribution is -2.42. The Balaban J connectivity index is 1.95. The number of sulfonamides is 1. The topological polar surface area (TPSA) is 57.6 Å². The van der Waals surface area contributed by atoms with Gasteiger partial charge in [-0.25, -0.2) is 8.42 Å². The van der Waals surface area contributed by atoms with E-state index in [1.54, 1.807) is 6.92 Å². The van der Waals surface area contributed by atoms with Gasteiger partial charge in [0.2, 0.25) is 10.0 Å². The lowest BCUT2D eigenvalue weighted by Gasteiger charge is -2.32. The second kappa shape index (κ2) is 9.56. The molecule has 5 heteroatoms. The Morgan fingerprint density at radius 3 is 1.93 bits per heavy atom. The van der Waals surface area contributed by atoms with Crippen molar-refractivity contribution in [3.8, 4) is 0 Å². The van der Waals surface area contributed by atoms with E-state index in [9.17, 15) is 13.5 Å². The third-order valence-electron chi connectivity index (χ3n) is 5.22.